The molecule has 1 unspecified atom stereocenters. The summed E-state index contributed by atoms with van der Waals surface area (Å²) in [5.41, 5.74) is 1.19. The van der Waals surface area contributed by atoms with Gasteiger partial charge in [-0.1, -0.05) is 17.3 Å². The number of nitrogens with zero attached hydrogens (tertiary/aromatic N) is 4. The molecule has 2 saturated heterocycles. The summed E-state index contributed by atoms with van der Waals surface area (Å²) in [7, 11) is 5.37. The van der Waals surface area contributed by atoms with Crippen LogP contribution in [0.2, 0.25) is 0 Å². The topological polar surface area (TPSA) is 80.9 Å². The molecule has 2 aliphatic heterocycles. The molecule has 0 aliphatic carbocycles. The molecule has 30 heavy (non-hydrogen) atoms. The first-order valence-corrected chi connectivity index (χ1v) is 10.4. The summed E-state index contributed by atoms with van der Waals surface area (Å²) in [5, 5.41) is 4.17. The van der Waals surface area contributed by atoms with Crippen molar-refractivity contribution in [3.8, 4) is 5.75 Å². The van der Waals surface area contributed by atoms with Gasteiger partial charge in [-0.05, 0) is 49.4 Å². The first-order valence-electron chi connectivity index (χ1n) is 10.4. The van der Waals surface area contributed by atoms with Gasteiger partial charge in [-0.25, -0.2) is 0 Å². The molecule has 162 valence electrons. The summed E-state index contributed by atoms with van der Waals surface area (Å²) in [6.07, 6.45) is 3.41. The molecule has 3 heterocycles. The molecule has 1 spiro atoms. The molecule has 1 aromatic carbocycles. The summed E-state index contributed by atoms with van der Waals surface area (Å²) < 4.78 is 15.6. The van der Waals surface area contributed by atoms with Crippen molar-refractivity contribution in [2.75, 3.05) is 40.9 Å². The zero-order valence-electron chi connectivity index (χ0n) is 18.0. The maximum atomic E-state index is 12.8. The standard InChI is InChI=1S/C22H30N4O4/c1-25-15-22(13-18(25)21-23-19(14-28-2)30-24-21)7-9-26(10-8-22)20(27)12-16-5-4-6-17(11-16)29-3/h4-6,11,18H,7-10,12-15H2,1-3H3. The third kappa shape index (κ3) is 4.34. The number of hydrogen-bond acceptors (Lipinski definition) is 7. The second-order valence-corrected chi connectivity index (χ2v) is 8.52. The molecule has 1 aromatic heterocycles. The van der Waals surface area contributed by atoms with Crippen molar-refractivity contribution >= 4 is 5.91 Å². The van der Waals surface area contributed by atoms with Crippen molar-refractivity contribution in [3.05, 3.63) is 41.5 Å². The molecule has 8 nitrogen and oxygen atoms in total. The largest absolute Gasteiger partial charge is 0.497 e. The lowest BCUT2D eigenvalue weighted by Gasteiger charge is -2.39. The van der Waals surface area contributed by atoms with E-state index in [1.54, 1.807) is 14.2 Å². The number of hydrogen-bond donors (Lipinski definition) is 0. The van der Waals surface area contributed by atoms with Crippen LogP contribution < -0.4 is 4.74 Å². The second kappa shape index (κ2) is 8.73. The van der Waals surface area contributed by atoms with Gasteiger partial charge in [-0.2, -0.15) is 4.98 Å². The highest BCUT2D eigenvalue weighted by molar-refractivity contribution is 5.79. The van der Waals surface area contributed by atoms with Gasteiger partial charge in [0.25, 0.3) is 5.89 Å². The van der Waals surface area contributed by atoms with E-state index < -0.39 is 0 Å². The fourth-order valence-corrected chi connectivity index (χ4v) is 4.81. The molecule has 2 fully saturated rings. The molecule has 2 aliphatic rings. The van der Waals surface area contributed by atoms with Gasteiger partial charge in [-0.3, -0.25) is 9.69 Å². The molecular formula is C22H30N4O4. The van der Waals surface area contributed by atoms with Crippen LogP contribution in [0.4, 0.5) is 0 Å². The minimum Gasteiger partial charge on any atom is -0.497 e. The van der Waals surface area contributed by atoms with E-state index in [-0.39, 0.29) is 17.4 Å². The van der Waals surface area contributed by atoms with E-state index in [0.29, 0.717) is 18.9 Å². The Hall–Kier alpha value is -2.45. The number of carbonyl (C=O) groups is 1. The van der Waals surface area contributed by atoms with E-state index in [4.69, 9.17) is 14.0 Å². The van der Waals surface area contributed by atoms with Gasteiger partial charge in [0.1, 0.15) is 12.4 Å². The van der Waals surface area contributed by atoms with Gasteiger partial charge in [0, 0.05) is 26.7 Å². The normalized spacial score (nSPS) is 21.3. The van der Waals surface area contributed by atoms with E-state index in [9.17, 15) is 4.79 Å². The average Bonchev–Trinajstić information content (AvgIpc) is 3.33. The summed E-state index contributed by atoms with van der Waals surface area (Å²) >= 11 is 0. The van der Waals surface area contributed by atoms with Crippen LogP contribution in [0.25, 0.3) is 0 Å². The Morgan fingerprint density at radius 2 is 2.10 bits per heavy atom. The minimum absolute atomic E-state index is 0.151. The van der Waals surface area contributed by atoms with E-state index in [1.165, 1.54) is 0 Å². The summed E-state index contributed by atoms with van der Waals surface area (Å²) in [4.78, 5) is 21.6. The van der Waals surface area contributed by atoms with Crippen molar-refractivity contribution in [2.45, 2.75) is 38.3 Å². The van der Waals surface area contributed by atoms with Crippen LogP contribution in [0.1, 0.15) is 42.6 Å². The van der Waals surface area contributed by atoms with E-state index in [1.807, 2.05) is 29.2 Å². The SMILES string of the molecule is COCc1nc(C2CC3(CCN(C(=O)Cc4cccc(OC)c4)CC3)CN2C)no1. The molecular weight excluding hydrogens is 384 g/mol. The molecule has 1 atom stereocenters. The summed E-state index contributed by atoms with van der Waals surface area (Å²) in [6, 6.07) is 7.89. The maximum Gasteiger partial charge on any atom is 0.252 e. The number of rotatable bonds is 6. The Balaban J connectivity index is 1.34. The van der Waals surface area contributed by atoms with E-state index >= 15 is 0 Å². The smallest absolute Gasteiger partial charge is 0.252 e. The van der Waals surface area contributed by atoms with Gasteiger partial charge in [0.15, 0.2) is 5.82 Å². The van der Waals surface area contributed by atoms with Crippen LogP contribution in [0.3, 0.4) is 0 Å². The Morgan fingerprint density at radius 1 is 1.30 bits per heavy atom. The van der Waals surface area contributed by atoms with E-state index in [2.05, 4.69) is 22.1 Å². The molecule has 2 aromatic rings. The van der Waals surface area contributed by atoms with Crippen molar-refractivity contribution in [1.29, 1.82) is 0 Å². The summed E-state index contributed by atoms with van der Waals surface area (Å²) in [5.74, 6) is 2.22. The van der Waals surface area contributed by atoms with Crippen LogP contribution in [-0.4, -0.2) is 66.7 Å². The maximum absolute atomic E-state index is 12.8. The van der Waals surface area contributed by atoms with Crippen LogP contribution >= 0.6 is 0 Å². The lowest BCUT2D eigenvalue weighted by Crippen LogP contribution is -2.44. The second-order valence-electron chi connectivity index (χ2n) is 8.52. The van der Waals surface area contributed by atoms with Gasteiger partial charge in [-0.15, -0.1) is 0 Å². The van der Waals surface area contributed by atoms with Crippen LogP contribution in [0.5, 0.6) is 5.75 Å². The minimum atomic E-state index is 0.151. The molecule has 4 rings (SSSR count). The highest BCUT2D eigenvalue weighted by Crippen LogP contribution is 2.47. The lowest BCUT2D eigenvalue weighted by molar-refractivity contribution is -0.132. The van der Waals surface area contributed by atoms with Crippen molar-refractivity contribution in [2.24, 2.45) is 5.41 Å². The summed E-state index contributed by atoms with van der Waals surface area (Å²) in [6.45, 7) is 2.91. The number of benzene rings is 1. The molecule has 0 bridgehead atoms. The number of aromatic nitrogens is 2. The van der Waals surface area contributed by atoms with Crippen LogP contribution in [0.15, 0.2) is 28.8 Å². The van der Waals surface area contributed by atoms with Gasteiger partial charge in [0.2, 0.25) is 5.91 Å². The van der Waals surface area contributed by atoms with Crippen molar-refractivity contribution < 1.29 is 18.8 Å². The quantitative estimate of drug-likeness (QED) is 0.718. The number of methoxy groups -OCH3 is 2. The van der Waals surface area contributed by atoms with Gasteiger partial charge < -0.3 is 18.9 Å². The number of piperidine rings is 1. The Morgan fingerprint density at radius 3 is 2.83 bits per heavy atom. The first-order chi connectivity index (χ1) is 14.5. The fraction of sp³-hybridized carbons (Fsp3) is 0.591. The highest BCUT2D eigenvalue weighted by atomic mass is 16.5. The van der Waals surface area contributed by atoms with Crippen LogP contribution in [-0.2, 0) is 22.6 Å². The molecule has 0 saturated carbocycles. The third-order valence-corrected chi connectivity index (χ3v) is 6.46. The Labute approximate surface area is 177 Å². The zero-order chi connectivity index (χ0) is 21.1. The average molecular weight is 415 g/mol. The van der Waals surface area contributed by atoms with E-state index in [0.717, 1.165) is 56.0 Å². The lowest BCUT2D eigenvalue weighted by atomic mass is 9.76. The van der Waals surface area contributed by atoms with Gasteiger partial charge >= 0.3 is 0 Å². The predicted molar refractivity (Wildman–Crippen MR) is 110 cm³/mol. The number of ether oxygens (including phenoxy) is 2. The van der Waals surface area contributed by atoms with Crippen molar-refractivity contribution in [3.63, 3.8) is 0 Å². The Kier molecular flexibility index (Phi) is 6.06. The molecule has 1 amide bonds. The third-order valence-electron chi connectivity index (χ3n) is 6.46. The molecule has 0 radical (unpaired) electrons. The van der Waals surface area contributed by atoms with Crippen molar-refractivity contribution in [1.82, 2.24) is 19.9 Å². The predicted octanol–water partition coefficient (Wildman–Crippen LogP) is 2.45. The zero-order valence-corrected chi connectivity index (χ0v) is 18.0. The van der Waals surface area contributed by atoms with Crippen LogP contribution in [0, 0.1) is 5.41 Å². The Bertz CT molecular complexity index is 876. The number of amides is 1. The number of likely N-dealkylation sites (tertiary alicyclic amines) is 2. The fourth-order valence-electron chi connectivity index (χ4n) is 4.81. The first kappa shape index (κ1) is 20.8. The molecule has 8 heteroatoms. The van der Waals surface area contributed by atoms with Gasteiger partial charge in [0.05, 0.1) is 19.6 Å². The number of carbonyl (C=O) groups excluding carboxylic acids is 1. The highest BCUT2D eigenvalue weighted by Gasteiger charge is 2.46. The monoisotopic (exact) mass is 414 g/mol. The molecule has 0 N–H and O–H groups in total.